The van der Waals surface area contributed by atoms with Gasteiger partial charge in [-0.2, -0.15) is 13.5 Å². The van der Waals surface area contributed by atoms with Gasteiger partial charge in [0.2, 0.25) is 10.0 Å². The summed E-state index contributed by atoms with van der Waals surface area (Å²) in [6.45, 7) is -3.18. The Hall–Kier alpha value is -4.25. The molecule has 3 aromatic rings. The van der Waals surface area contributed by atoms with E-state index in [2.05, 4.69) is 9.46 Å². The minimum Gasteiger partial charge on any atom is -0.619 e. The van der Waals surface area contributed by atoms with Gasteiger partial charge in [-0.3, -0.25) is 24.0 Å². The van der Waals surface area contributed by atoms with Crippen molar-refractivity contribution in [3.63, 3.8) is 0 Å². The molecule has 1 aliphatic carbocycles. The zero-order valence-electron chi connectivity index (χ0n) is 27.4. The van der Waals surface area contributed by atoms with Crippen molar-refractivity contribution in [1.82, 2.24) is 9.80 Å². The van der Waals surface area contributed by atoms with E-state index in [4.69, 9.17) is 32.7 Å². The molecule has 1 fully saturated rings. The minimum atomic E-state index is -3.75. The van der Waals surface area contributed by atoms with Crippen molar-refractivity contribution in [2.75, 3.05) is 44.3 Å². The maximum Gasteiger partial charge on any atom is 0.387 e. The summed E-state index contributed by atoms with van der Waals surface area (Å²) in [6.07, 6.45) is 2.85. The minimum absolute atomic E-state index is 0.0344. The predicted octanol–water partition coefficient (Wildman–Crippen LogP) is 4.83. The number of esters is 1. The summed E-state index contributed by atoms with van der Waals surface area (Å²) in [5, 5.41) is 11.8. The van der Waals surface area contributed by atoms with E-state index in [0.29, 0.717) is 22.6 Å². The maximum absolute atomic E-state index is 13.4. The van der Waals surface area contributed by atoms with Crippen LogP contribution in [0.3, 0.4) is 0 Å². The Labute approximate surface area is 302 Å². The molecule has 51 heavy (non-hydrogen) atoms. The Morgan fingerprint density at radius 3 is 2.39 bits per heavy atom. The Bertz CT molecular complexity index is 1910. The number of benzene rings is 2. The number of carbonyl (C=O) groups excluding carboxylic acids is 3. The Morgan fingerprint density at radius 2 is 1.75 bits per heavy atom. The highest BCUT2D eigenvalue weighted by atomic mass is 35.5. The van der Waals surface area contributed by atoms with Gasteiger partial charge in [0.1, 0.15) is 22.7 Å². The molecule has 0 spiro atoms. The molecule has 0 unspecified atom stereocenters. The summed E-state index contributed by atoms with van der Waals surface area (Å²) in [5.41, 5.74) is 0.374. The fourth-order valence-electron chi connectivity index (χ4n) is 5.29. The molecule has 1 N–H and O–H groups in total. The highest BCUT2D eigenvalue weighted by Crippen LogP contribution is 2.38. The van der Waals surface area contributed by atoms with Gasteiger partial charge in [0.15, 0.2) is 23.9 Å². The number of alkyl halides is 2. The van der Waals surface area contributed by atoms with Crippen LogP contribution in [-0.4, -0.2) is 82.2 Å². The third-order valence-corrected chi connectivity index (χ3v) is 10.0. The molecule has 1 atom stereocenters. The number of aromatic nitrogens is 1. The van der Waals surface area contributed by atoms with E-state index in [1.165, 1.54) is 36.4 Å². The van der Waals surface area contributed by atoms with Gasteiger partial charge in [-0.25, -0.2) is 8.42 Å². The van der Waals surface area contributed by atoms with Crippen LogP contribution in [0.2, 0.25) is 10.0 Å². The molecule has 18 heteroatoms. The van der Waals surface area contributed by atoms with Crippen LogP contribution in [0.15, 0.2) is 48.8 Å². The third kappa shape index (κ3) is 9.96. The normalized spacial score (nSPS) is 14.9. The van der Waals surface area contributed by atoms with Crippen molar-refractivity contribution in [3.05, 3.63) is 86.3 Å². The Kier molecular flexibility index (Phi) is 11.9. The van der Waals surface area contributed by atoms with E-state index in [0.717, 1.165) is 25.2 Å². The van der Waals surface area contributed by atoms with E-state index >= 15 is 0 Å². The average Bonchev–Trinajstić information content (AvgIpc) is 3.84. The van der Waals surface area contributed by atoms with E-state index in [1.807, 2.05) is 19.0 Å². The van der Waals surface area contributed by atoms with Crippen molar-refractivity contribution in [2.45, 2.75) is 38.4 Å². The second-order valence-electron chi connectivity index (χ2n) is 12.3. The van der Waals surface area contributed by atoms with E-state index in [1.54, 1.807) is 0 Å². The molecule has 5 rings (SSSR count). The molecule has 2 amide bonds. The number of nitrogens with zero attached hydrogens (tertiary/aromatic N) is 3. The molecule has 2 aromatic carbocycles. The van der Waals surface area contributed by atoms with Gasteiger partial charge in [-0.1, -0.05) is 29.3 Å². The van der Waals surface area contributed by atoms with Crippen LogP contribution in [0.25, 0.3) is 0 Å². The zero-order valence-corrected chi connectivity index (χ0v) is 29.8. The molecule has 1 saturated carbocycles. The van der Waals surface area contributed by atoms with Crippen LogP contribution in [0.1, 0.15) is 57.2 Å². The maximum atomic E-state index is 13.4. The lowest BCUT2D eigenvalue weighted by molar-refractivity contribution is -0.605. The molecule has 1 aromatic heterocycles. The second-order valence-corrected chi connectivity index (χ2v) is 15.0. The molecular formula is C33H34Cl2F2N4O9S. The average molecular weight is 772 g/mol. The number of rotatable bonds is 17. The lowest BCUT2D eigenvalue weighted by Crippen LogP contribution is -2.36. The molecule has 0 saturated heterocycles. The largest absolute Gasteiger partial charge is 0.619 e. The zero-order chi connectivity index (χ0) is 37.0. The first-order chi connectivity index (χ1) is 24.1. The standard InChI is InChI=1S/C33H34Cl2F2N4O9S/c1-39(2)10-3-11-51(46,47)38-21-7-8-22-23(13-21)32(44)41(31(22)43)17-30(42)49-28(14-24-25(34)15-40(45)16-26(24)35)20-6-9-27(50-33(36)37)29(12-20)48-18-19-4-5-19/h6-9,12-13,15-16,19,28,33,38H,3-5,10-11,14,17-18H2,1-2H3/t28-/m0/s1. The second kappa shape index (κ2) is 16.0. The summed E-state index contributed by atoms with van der Waals surface area (Å²) in [6, 6.07) is 7.80. The first-order valence-corrected chi connectivity index (χ1v) is 18.1. The van der Waals surface area contributed by atoms with E-state index in [9.17, 15) is 36.8 Å². The van der Waals surface area contributed by atoms with Gasteiger partial charge < -0.3 is 24.3 Å². The highest BCUT2D eigenvalue weighted by molar-refractivity contribution is 7.92. The van der Waals surface area contributed by atoms with Gasteiger partial charge in [0, 0.05) is 17.7 Å². The Balaban J connectivity index is 1.36. The lowest BCUT2D eigenvalue weighted by atomic mass is 10.0. The van der Waals surface area contributed by atoms with Crippen LogP contribution in [0.5, 0.6) is 11.5 Å². The molecule has 0 radical (unpaired) electrons. The topological polar surface area (TPSA) is 158 Å². The number of hydrogen-bond donors (Lipinski definition) is 1. The fraction of sp³-hybridized carbons (Fsp3) is 0.394. The highest BCUT2D eigenvalue weighted by Gasteiger charge is 2.38. The lowest BCUT2D eigenvalue weighted by Gasteiger charge is -2.22. The number of anilines is 1. The SMILES string of the molecule is CN(C)CCCS(=O)(=O)Nc1ccc2c(c1)C(=O)N(CC(=O)O[C@@H](Cc1c(Cl)c[n+]([O-])cc1Cl)c1ccc(OC(F)F)c(OCC3CC3)c1)C2=O. The van der Waals surface area contributed by atoms with Crippen molar-refractivity contribution < 1.29 is 50.5 Å². The molecule has 0 bridgehead atoms. The first kappa shape index (κ1) is 38.0. The summed E-state index contributed by atoms with van der Waals surface area (Å²) < 4.78 is 70.4. The number of carbonyl (C=O) groups is 3. The van der Waals surface area contributed by atoms with Gasteiger partial charge in [0.25, 0.3) is 11.8 Å². The van der Waals surface area contributed by atoms with E-state index in [-0.39, 0.29) is 74.2 Å². The number of imide groups is 1. The predicted molar refractivity (Wildman–Crippen MR) is 182 cm³/mol. The van der Waals surface area contributed by atoms with E-state index < -0.39 is 47.1 Å². The summed E-state index contributed by atoms with van der Waals surface area (Å²) in [4.78, 5) is 42.5. The molecular weight excluding hydrogens is 737 g/mol. The van der Waals surface area contributed by atoms with Crippen molar-refractivity contribution >= 4 is 56.7 Å². The van der Waals surface area contributed by atoms with Crippen LogP contribution in [-0.2, 0) is 26.0 Å². The van der Waals surface area contributed by atoms with Crippen molar-refractivity contribution in [2.24, 2.45) is 5.92 Å². The molecule has 13 nitrogen and oxygen atoms in total. The third-order valence-electron chi connectivity index (χ3n) is 8.00. The monoisotopic (exact) mass is 770 g/mol. The van der Waals surface area contributed by atoms with Gasteiger partial charge >= 0.3 is 12.6 Å². The molecule has 2 aliphatic rings. The number of sulfonamides is 1. The quantitative estimate of drug-likeness (QED) is 0.0872. The summed E-state index contributed by atoms with van der Waals surface area (Å²) in [7, 11) is -0.123. The Morgan fingerprint density at radius 1 is 1.06 bits per heavy atom. The van der Waals surface area contributed by atoms with Crippen LogP contribution < -0.4 is 18.9 Å². The number of ether oxygens (including phenoxy) is 3. The molecule has 274 valence electrons. The van der Waals surface area contributed by atoms with Crippen LogP contribution in [0, 0.1) is 11.1 Å². The summed E-state index contributed by atoms with van der Waals surface area (Å²) >= 11 is 12.6. The van der Waals surface area contributed by atoms with Gasteiger partial charge in [0.05, 0.1) is 23.5 Å². The van der Waals surface area contributed by atoms with Crippen LogP contribution in [0.4, 0.5) is 14.5 Å². The van der Waals surface area contributed by atoms with Crippen LogP contribution >= 0.6 is 23.2 Å². The first-order valence-electron chi connectivity index (χ1n) is 15.7. The molecule has 2 heterocycles. The summed E-state index contributed by atoms with van der Waals surface area (Å²) in [5.74, 6) is -2.88. The van der Waals surface area contributed by atoms with Gasteiger partial charge in [-0.15, -0.1) is 0 Å². The number of amides is 2. The number of fused-ring (bicyclic) bond motifs is 1. The number of hydrogen-bond acceptors (Lipinski definition) is 10. The van der Waals surface area contributed by atoms with Gasteiger partial charge in [-0.05, 0) is 81.7 Å². The smallest absolute Gasteiger partial charge is 0.387 e. The van der Waals surface area contributed by atoms with Crippen molar-refractivity contribution in [3.8, 4) is 11.5 Å². The number of pyridine rings is 1. The number of nitrogens with one attached hydrogen (secondary N) is 1. The number of halogens is 4. The van der Waals surface area contributed by atoms with Crippen molar-refractivity contribution in [1.29, 1.82) is 0 Å². The molecule has 1 aliphatic heterocycles. The fourth-order valence-corrected chi connectivity index (χ4v) is 6.98.